The second kappa shape index (κ2) is 5.70. The lowest BCUT2D eigenvalue weighted by Gasteiger charge is -2.16. The van der Waals surface area contributed by atoms with Crippen LogP contribution in [0.15, 0.2) is 30.5 Å². The van der Waals surface area contributed by atoms with E-state index in [2.05, 4.69) is 15.6 Å². The summed E-state index contributed by atoms with van der Waals surface area (Å²) in [6, 6.07) is 6.22. The van der Waals surface area contributed by atoms with Crippen LogP contribution in [-0.4, -0.2) is 23.7 Å². The van der Waals surface area contributed by atoms with Gasteiger partial charge in [0, 0.05) is 29.6 Å². The molecule has 1 saturated carbocycles. The van der Waals surface area contributed by atoms with Crippen LogP contribution in [0.4, 0.5) is 19.4 Å². The Morgan fingerprint density at radius 3 is 2.80 bits per heavy atom. The minimum absolute atomic E-state index is 0.0697. The first-order valence-corrected chi connectivity index (χ1v) is 7.63. The number of rotatable bonds is 2. The van der Waals surface area contributed by atoms with Gasteiger partial charge in [-0.3, -0.25) is 5.32 Å². The van der Waals surface area contributed by atoms with Crippen LogP contribution in [0.25, 0.3) is 0 Å². The number of ether oxygens (including phenoxy) is 1. The molecule has 2 aliphatic rings. The number of fused-ring (bicyclic) bond motifs is 3. The first-order chi connectivity index (χ1) is 12.1. The fourth-order valence-electron chi connectivity index (χ4n) is 3.20. The Balaban J connectivity index is 1.45. The van der Waals surface area contributed by atoms with Crippen molar-refractivity contribution in [3.05, 3.63) is 53.2 Å². The average molecular weight is 342 g/mol. The molecule has 8 heteroatoms. The normalized spacial score (nSPS) is 22.7. The number of nitrogens with one attached hydrogen (secondary N) is 2. The van der Waals surface area contributed by atoms with Gasteiger partial charge in [0.2, 0.25) is 0 Å². The summed E-state index contributed by atoms with van der Waals surface area (Å²) < 4.78 is 33.1. The monoisotopic (exact) mass is 342 g/mol. The number of pyridine rings is 1. The number of carbonyl (C=O) groups is 1. The van der Waals surface area contributed by atoms with Crippen molar-refractivity contribution in [2.75, 3.05) is 11.9 Å². The van der Waals surface area contributed by atoms with Crippen LogP contribution in [0.1, 0.15) is 17.0 Å². The highest BCUT2D eigenvalue weighted by atomic mass is 19.1. The third-order valence-electron chi connectivity index (χ3n) is 4.45. The Morgan fingerprint density at radius 1 is 1.28 bits per heavy atom. The number of benzene rings is 1. The van der Waals surface area contributed by atoms with Gasteiger partial charge in [-0.15, -0.1) is 0 Å². The van der Waals surface area contributed by atoms with E-state index in [9.17, 15) is 13.6 Å². The Hall–Kier alpha value is -3.21. The van der Waals surface area contributed by atoms with Gasteiger partial charge in [-0.25, -0.2) is 18.6 Å². The van der Waals surface area contributed by atoms with Crippen molar-refractivity contribution in [3.63, 3.8) is 0 Å². The molecule has 2 amide bonds. The van der Waals surface area contributed by atoms with E-state index in [0.29, 0.717) is 5.56 Å². The van der Waals surface area contributed by atoms with Gasteiger partial charge in [-0.1, -0.05) is 0 Å². The van der Waals surface area contributed by atoms with Crippen molar-refractivity contribution in [2.45, 2.75) is 12.0 Å². The summed E-state index contributed by atoms with van der Waals surface area (Å²) in [5, 5.41) is 14.0. The van der Waals surface area contributed by atoms with Crippen LogP contribution in [0.2, 0.25) is 0 Å². The molecule has 1 aliphatic carbocycles. The molecule has 0 spiro atoms. The van der Waals surface area contributed by atoms with E-state index in [1.165, 1.54) is 18.3 Å². The summed E-state index contributed by atoms with van der Waals surface area (Å²) in [5.41, 5.74) is 0.559. The number of nitrogens with zero attached hydrogens (tertiary/aromatic N) is 2. The summed E-state index contributed by atoms with van der Waals surface area (Å²) in [6.45, 7) is 0.220. The largest absolute Gasteiger partial charge is 0.490 e. The third kappa shape index (κ3) is 2.63. The minimum atomic E-state index is -0.605. The molecule has 1 aliphatic heterocycles. The van der Waals surface area contributed by atoms with Crippen LogP contribution in [0.5, 0.6) is 5.75 Å². The highest BCUT2D eigenvalue weighted by Gasteiger charge is 2.57. The van der Waals surface area contributed by atoms with Crippen molar-refractivity contribution in [2.24, 2.45) is 5.92 Å². The Morgan fingerprint density at radius 2 is 2.08 bits per heavy atom. The van der Waals surface area contributed by atoms with Crippen LogP contribution < -0.4 is 15.4 Å². The molecule has 0 bridgehead atoms. The number of carbonyl (C=O) groups excluding carboxylic acids is 1. The van der Waals surface area contributed by atoms with Crippen molar-refractivity contribution in [1.82, 2.24) is 10.3 Å². The molecule has 0 saturated heterocycles. The molecule has 0 radical (unpaired) electrons. The lowest BCUT2D eigenvalue weighted by Crippen LogP contribution is -2.32. The second-order valence-electron chi connectivity index (χ2n) is 5.94. The Labute approximate surface area is 141 Å². The fraction of sp³-hybridized carbons (Fsp3) is 0.235. The number of urea groups is 1. The third-order valence-corrected chi connectivity index (χ3v) is 4.45. The van der Waals surface area contributed by atoms with Gasteiger partial charge in [-0.2, -0.15) is 5.26 Å². The molecular formula is C17H12F2N4O2. The van der Waals surface area contributed by atoms with Gasteiger partial charge in [0.05, 0.1) is 12.2 Å². The van der Waals surface area contributed by atoms with Gasteiger partial charge >= 0.3 is 6.03 Å². The van der Waals surface area contributed by atoms with Crippen LogP contribution in [-0.2, 0) is 0 Å². The fourth-order valence-corrected chi connectivity index (χ4v) is 3.20. The quantitative estimate of drug-likeness (QED) is 0.878. The van der Waals surface area contributed by atoms with E-state index < -0.39 is 17.7 Å². The Kier molecular flexibility index (Phi) is 3.50. The van der Waals surface area contributed by atoms with Crippen LogP contribution in [0.3, 0.4) is 0 Å². The number of aromatic nitrogens is 1. The lowest BCUT2D eigenvalue weighted by molar-refractivity contribution is 0.247. The maximum atomic E-state index is 14.0. The summed E-state index contributed by atoms with van der Waals surface area (Å²) >= 11 is 0. The highest BCUT2D eigenvalue weighted by molar-refractivity contribution is 5.89. The molecule has 1 fully saturated rings. The molecular weight excluding hydrogens is 330 g/mol. The van der Waals surface area contributed by atoms with E-state index in [4.69, 9.17) is 10.00 Å². The lowest BCUT2D eigenvalue weighted by atomic mass is 10.0. The number of halogens is 2. The van der Waals surface area contributed by atoms with Crippen molar-refractivity contribution < 1.29 is 18.3 Å². The van der Waals surface area contributed by atoms with Crippen molar-refractivity contribution in [3.8, 4) is 11.8 Å². The molecule has 4 rings (SSSR count). The molecule has 6 nitrogen and oxygen atoms in total. The number of hydrogen-bond acceptors (Lipinski definition) is 4. The average Bonchev–Trinajstić information content (AvgIpc) is 3.31. The maximum Gasteiger partial charge on any atom is 0.320 e. The highest BCUT2D eigenvalue weighted by Crippen LogP contribution is 2.55. The molecule has 126 valence electrons. The molecule has 2 aromatic rings. The topological polar surface area (TPSA) is 87.0 Å². The second-order valence-corrected chi connectivity index (χ2v) is 5.94. The predicted octanol–water partition coefficient (Wildman–Crippen LogP) is 2.53. The molecule has 2 N–H and O–H groups in total. The summed E-state index contributed by atoms with van der Waals surface area (Å²) in [6.07, 6.45) is 1.34. The first kappa shape index (κ1) is 15.3. The number of anilines is 1. The molecule has 3 atom stereocenters. The number of hydrogen-bond donors (Lipinski definition) is 2. The van der Waals surface area contributed by atoms with Crippen LogP contribution >= 0.6 is 0 Å². The predicted molar refractivity (Wildman–Crippen MR) is 83.0 cm³/mol. The van der Waals surface area contributed by atoms with Gasteiger partial charge < -0.3 is 10.1 Å². The zero-order valence-electron chi connectivity index (χ0n) is 12.8. The van der Waals surface area contributed by atoms with Gasteiger partial charge in [-0.05, 0) is 24.3 Å². The summed E-state index contributed by atoms with van der Waals surface area (Å²) in [7, 11) is 0. The SMILES string of the molecule is N#Cc1ccc(NC(=O)N[C@@H]2C3COc4c(F)ccc(F)c4C32)nc1. The van der Waals surface area contributed by atoms with Crippen molar-refractivity contribution in [1.29, 1.82) is 5.26 Å². The molecule has 1 aromatic heterocycles. The zero-order chi connectivity index (χ0) is 17.6. The van der Waals surface area contributed by atoms with E-state index in [0.717, 1.165) is 12.1 Å². The molecule has 2 heterocycles. The van der Waals surface area contributed by atoms with Gasteiger partial charge in [0.25, 0.3) is 0 Å². The first-order valence-electron chi connectivity index (χ1n) is 7.63. The van der Waals surface area contributed by atoms with E-state index in [1.807, 2.05) is 6.07 Å². The zero-order valence-corrected chi connectivity index (χ0v) is 12.8. The molecule has 2 unspecified atom stereocenters. The minimum Gasteiger partial charge on any atom is -0.490 e. The van der Waals surface area contributed by atoms with E-state index in [1.54, 1.807) is 0 Å². The smallest absolute Gasteiger partial charge is 0.320 e. The van der Waals surface area contributed by atoms with E-state index >= 15 is 0 Å². The number of amides is 2. The standard InChI is InChI=1S/C17H12F2N4O2/c18-10-2-3-11(19)16-14(10)13-9(7-25-16)15(13)23-17(24)22-12-4-1-8(5-20)6-21-12/h1-4,6,9,13,15H,7H2,(H2,21,22,23,24)/t9?,13?,15-/m1/s1. The summed E-state index contributed by atoms with van der Waals surface area (Å²) in [5.74, 6) is -1.33. The number of nitriles is 1. The van der Waals surface area contributed by atoms with E-state index in [-0.39, 0.29) is 41.6 Å². The maximum absolute atomic E-state index is 14.0. The van der Waals surface area contributed by atoms with Crippen LogP contribution in [0, 0.1) is 28.9 Å². The Bertz CT molecular complexity index is 895. The van der Waals surface area contributed by atoms with Crippen molar-refractivity contribution >= 4 is 11.8 Å². The van der Waals surface area contributed by atoms with Gasteiger partial charge in [0.1, 0.15) is 17.7 Å². The molecule has 1 aromatic carbocycles. The summed E-state index contributed by atoms with van der Waals surface area (Å²) in [4.78, 5) is 16.0. The molecule has 25 heavy (non-hydrogen) atoms. The van der Waals surface area contributed by atoms with Gasteiger partial charge in [0.15, 0.2) is 11.6 Å².